The zero-order valence-electron chi connectivity index (χ0n) is 18.9. The molecule has 0 bridgehead atoms. The van der Waals surface area contributed by atoms with E-state index in [4.69, 9.17) is 96.4 Å². The number of benzene rings is 2. The van der Waals surface area contributed by atoms with Gasteiger partial charge in [-0.05, 0) is 48.0 Å². The average Bonchev–Trinajstić information content (AvgIpc) is 2.78. The first-order valence-electron chi connectivity index (χ1n) is 9.76. The molecule has 2 aromatic heterocycles. The number of halogens is 7. The third-order valence-corrected chi connectivity index (χ3v) is 5.42. The number of anilines is 3. The number of hydrogen-bond acceptors (Lipinski definition) is 8. The minimum Gasteiger partial charge on any atom is -0.495 e. The molecule has 4 rings (SSSR count). The van der Waals surface area contributed by atoms with E-state index >= 15 is 0 Å². The zero-order valence-corrected chi connectivity index (χ0v) is 24.2. The van der Waals surface area contributed by atoms with Crippen molar-refractivity contribution in [3.63, 3.8) is 0 Å². The number of ether oxygens (including phenoxy) is 2. The first kappa shape index (κ1) is 31.1. The second kappa shape index (κ2) is 15.3. The van der Waals surface area contributed by atoms with Crippen molar-refractivity contribution in [3.8, 4) is 11.5 Å². The summed E-state index contributed by atoms with van der Waals surface area (Å²) in [7, 11) is 3.12. The fourth-order valence-corrected chi connectivity index (χ4v) is 4.00. The van der Waals surface area contributed by atoms with Crippen molar-refractivity contribution in [2.75, 3.05) is 25.3 Å². The second-order valence-electron chi connectivity index (χ2n) is 6.49. The molecule has 0 saturated carbocycles. The van der Waals surface area contributed by atoms with E-state index < -0.39 is 0 Å². The van der Waals surface area contributed by atoms with Gasteiger partial charge < -0.3 is 20.5 Å². The minimum absolute atomic E-state index is 0.0625. The maximum Gasteiger partial charge on any atom is 0.230 e. The van der Waals surface area contributed by atoms with Crippen LogP contribution in [0.1, 0.15) is 0 Å². The quantitative estimate of drug-likeness (QED) is 0.129. The zero-order chi connectivity index (χ0) is 27.5. The number of nitrogens with one attached hydrogen (secondary N) is 1. The summed E-state index contributed by atoms with van der Waals surface area (Å²) in [6.07, 6.45) is 0. The number of methoxy groups -OCH3 is 2. The largest absolute Gasteiger partial charge is 0.495 e. The summed E-state index contributed by atoms with van der Waals surface area (Å²) in [4.78, 5) is 15.1. The molecule has 0 amide bonds. The van der Waals surface area contributed by atoms with Gasteiger partial charge in [0.05, 0.1) is 24.3 Å². The number of rotatable bonds is 4. The van der Waals surface area contributed by atoms with Crippen molar-refractivity contribution in [3.05, 3.63) is 84.5 Å². The first-order chi connectivity index (χ1) is 17.5. The van der Waals surface area contributed by atoms with Crippen molar-refractivity contribution in [1.29, 1.82) is 0 Å². The lowest BCUT2D eigenvalue weighted by atomic mass is 10.3. The predicted molar refractivity (Wildman–Crippen MR) is 153 cm³/mol. The molecule has 15 heteroatoms. The summed E-state index contributed by atoms with van der Waals surface area (Å²) in [5.41, 5.74) is 6.79. The van der Waals surface area contributed by atoms with Gasteiger partial charge in [0.2, 0.25) is 11.2 Å². The van der Waals surface area contributed by atoms with Crippen LogP contribution in [0.3, 0.4) is 0 Å². The molecule has 0 aliphatic rings. The molecule has 3 N–H and O–H groups in total. The van der Waals surface area contributed by atoms with Crippen LogP contribution in [0.15, 0.2) is 48.5 Å². The Balaban J connectivity index is 0.000000214. The van der Waals surface area contributed by atoms with Crippen LogP contribution < -0.4 is 20.5 Å². The van der Waals surface area contributed by atoms with Gasteiger partial charge in [0, 0.05) is 23.5 Å². The summed E-state index contributed by atoms with van der Waals surface area (Å²) in [5, 5.41) is 5.06. The summed E-state index contributed by atoms with van der Waals surface area (Å²) in [6.45, 7) is 0. The van der Waals surface area contributed by atoms with Crippen molar-refractivity contribution < 1.29 is 9.47 Å². The van der Waals surface area contributed by atoms with Crippen molar-refractivity contribution >= 4 is 98.5 Å². The molecule has 2 aromatic carbocycles. The van der Waals surface area contributed by atoms with E-state index in [1.165, 1.54) is 12.1 Å². The van der Waals surface area contributed by atoms with Gasteiger partial charge in [-0.2, -0.15) is 0 Å². The standard InChI is InChI=1S/C11H8Cl3N3O.C7H8ClNO.C4HCl3N2/c1-18-8-3-2-6(4-7(8)12)15-11-16-9(13)5-10(14)17-11;1-10-7-3-2-5(9)4-6(7)8;5-2-1-3(6)9-4(7)8-2/h2-5H,1H3,(H,15,16,17);2-4H,9H2,1H3;1H. The Hall–Kier alpha value is -2.17. The fraction of sp³-hybridized carbons (Fsp3) is 0.0909. The van der Waals surface area contributed by atoms with Crippen LogP contribution in [0.4, 0.5) is 17.3 Å². The molecule has 2 heterocycles. The van der Waals surface area contributed by atoms with Gasteiger partial charge in [0.1, 0.15) is 32.1 Å². The molecule has 37 heavy (non-hydrogen) atoms. The molecular weight excluding hydrogens is 628 g/mol. The maximum absolute atomic E-state index is 6.00. The van der Waals surface area contributed by atoms with Crippen molar-refractivity contribution in [1.82, 2.24) is 19.9 Å². The number of nitrogen functional groups attached to an aromatic ring is 1. The molecule has 8 nitrogen and oxygen atoms in total. The normalized spacial score (nSPS) is 9.86. The van der Waals surface area contributed by atoms with Gasteiger partial charge >= 0.3 is 0 Å². The van der Waals surface area contributed by atoms with Gasteiger partial charge in [-0.1, -0.05) is 69.6 Å². The van der Waals surface area contributed by atoms with Crippen LogP contribution >= 0.6 is 81.2 Å². The highest BCUT2D eigenvalue weighted by Crippen LogP contribution is 2.29. The van der Waals surface area contributed by atoms with Gasteiger partial charge in [0.15, 0.2) is 0 Å². The van der Waals surface area contributed by atoms with E-state index in [9.17, 15) is 0 Å². The van der Waals surface area contributed by atoms with Crippen LogP contribution in [-0.4, -0.2) is 34.2 Å². The molecule has 0 atom stereocenters. The Morgan fingerprint density at radius 2 is 1.08 bits per heavy atom. The molecular formula is C22H17Cl7N6O2. The molecule has 0 radical (unpaired) electrons. The lowest BCUT2D eigenvalue weighted by Crippen LogP contribution is -1.97. The molecule has 0 spiro atoms. The Morgan fingerprint density at radius 1 is 0.622 bits per heavy atom. The molecule has 0 aliphatic heterocycles. The molecule has 196 valence electrons. The van der Waals surface area contributed by atoms with E-state index in [1.807, 2.05) is 0 Å². The van der Waals surface area contributed by atoms with Crippen LogP contribution in [0.25, 0.3) is 0 Å². The first-order valence-corrected chi connectivity index (χ1v) is 12.4. The van der Waals surface area contributed by atoms with E-state index in [2.05, 4.69) is 25.3 Å². The third kappa shape index (κ3) is 11.0. The lowest BCUT2D eigenvalue weighted by molar-refractivity contribution is 0.415. The van der Waals surface area contributed by atoms with E-state index in [0.29, 0.717) is 38.9 Å². The van der Waals surface area contributed by atoms with Gasteiger partial charge in [0.25, 0.3) is 0 Å². The van der Waals surface area contributed by atoms with Crippen LogP contribution in [0.2, 0.25) is 35.9 Å². The summed E-state index contributed by atoms with van der Waals surface area (Å²) in [5.74, 6) is 1.54. The van der Waals surface area contributed by atoms with Crippen LogP contribution in [0.5, 0.6) is 11.5 Å². The lowest BCUT2D eigenvalue weighted by Gasteiger charge is -2.08. The Morgan fingerprint density at radius 3 is 1.51 bits per heavy atom. The molecule has 4 aromatic rings. The van der Waals surface area contributed by atoms with E-state index in [0.717, 1.165) is 0 Å². The highest BCUT2D eigenvalue weighted by molar-refractivity contribution is 6.35. The molecule has 0 unspecified atom stereocenters. The van der Waals surface area contributed by atoms with Gasteiger partial charge in [-0.15, -0.1) is 0 Å². The van der Waals surface area contributed by atoms with Gasteiger partial charge in [-0.25, -0.2) is 19.9 Å². The third-order valence-electron chi connectivity index (χ3n) is 3.88. The Bertz CT molecular complexity index is 1280. The Kier molecular flexibility index (Phi) is 12.8. The SMILES string of the molecule is COc1ccc(N)cc1Cl.COc1ccc(Nc2nc(Cl)cc(Cl)n2)cc1Cl.Clc1cc(Cl)nc(Cl)n1. The number of nitrogens with zero attached hydrogens (tertiary/aromatic N) is 4. The molecule has 0 fully saturated rings. The smallest absolute Gasteiger partial charge is 0.230 e. The number of hydrogen-bond donors (Lipinski definition) is 2. The van der Waals surface area contributed by atoms with Crippen molar-refractivity contribution in [2.24, 2.45) is 0 Å². The average molecular weight is 646 g/mol. The van der Waals surface area contributed by atoms with Crippen LogP contribution in [-0.2, 0) is 0 Å². The van der Waals surface area contributed by atoms with Crippen molar-refractivity contribution in [2.45, 2.75) is 0 Å². The Labute approximate surface area is 247 Å². The van der Waals surface area contributed by atoms with Crippen LogP contribution in [0, 0.1) is 0 Å². The maximum atomic E-state index is 6.00. The summed E-state index contributed by atoms with van der Waals surface area (Å²) in [6, 6.07) is 13.2. The highest BCUT2D eigenvalue weighted by atomic mass is 35.5. The summed E-state index contributed by atoms with van der Waals surface area (Å²) >= 11 is 39.5. The monoisotopic (exact) mass is 642 g/mol. The molecule has 0 aliphatic carbocycles. The minimum atomic E-state index is 0.0625. The topological polar surface area (TPSA) is 108 Å². The highest BCUT2D eigenvalue weighted by Gasteiger charge is 2.05. The molecule has 0 saturated heterocycles. The second-order valence-corrected chi connectivity index (χ2v) is 9.19. The fourth-order valence-electron chi connectivity index (χ4n) is 2.37. The van der Waals surface area contributed by atoms with E-state index in [1.54, 1.807) is 50.6 Å². The number of aromatic nitrogens is 4. The van der Waals surface area contributed by atoms with E-state index in [-0.39, 0.29) is 25.9 Å². The predicted octanol–water partition coefficient (Wildman–Crippen LogP) is 8.56. The number of nitrogens with two attached hydrogens (primary N) is 1. The summed E-state index contributed by atoms with van der Waals surface area (Å²) < 4.78 is 9.97. The van der Waals surface area contributed by atoms with Gasteiger partial charge in [-0.3, -0.25) is 0 Å².